The fraction of sp³-hybridized carbons (Fsp3) is 0.440. The maximum Gasteiger partial charge on any atom is 0.261 e. The minimum atomic E-state index is -0.513. The predicted octanol–water partition coefficient (Wildman–Crippen LogP) is 4.00. The van der Waals surface area contributed by atoms with E-state index in [-0.39, 0.29) is 18.4 Å². The van der Waals surface area contributed by atoms with Gasteiger partial charge in [0.05, 0.1) is 0 Å². The molecule has 162 valence electrons. The van der Waals surface area contributed by atoms with Crippen molar-refractivity contribution in [3.05, 3.63) is 65.7 Å². The van der Waals surface area contributed by atoms with Gasteiger partial charge in [0, 0.05) is 13.1 Å². The molecule has 5 nitrogen and oxygen atoms in total. The van der Waals surface area contributed by atoms with Crippen LogP contribution < -0.4 is 10.1 Å². The monoisotopic (exact) mass is 410 g/mol. The van der Waals surface area contributed by atoms with Gasteiger partial charge in [-0.05, 0) is 42.9 Å². The Morgan fingerprint density at radius 1 is 1.03 bits per heavy atom. The van der Waals surface area contributed by atoms with Crippen LogP contribution in [0, 0.1) is 12.8 Å². The number of aryl methyl sites for hydroxylation is 1. The molecule has 2 amide bonds. The number of amides is 2. The highest BCUT2D eigenvalue weighted by Gasteiger charge is 2.28. The lowest BCUT2D eigenvalue weighted by molar-refractivity contribution is -0.142. The molecule has 0 saturated carbocycles. The van der Waals surface area contributed by atoms with E-state index >= 15 is 0 Å². The molecular formula is C25H34N2O3. The van der Waals surface area contributed by atoms with E-state index in [0.717, 1.165) is 11.1 Å². The van der Waals surface area contributed by atoms with Crippen LogP contribution in [0.25, 0.3) is 0 Å². The lowest BCUT2D eigenvalue weighted by Gasteiger charge is -2.31. The molecule has 1 unspecified atom stereocenters. The van der Waals surface area contributed by atoms with Crippen molar-refractivity contribution in [1.29, 1.82) is 0 Å². The molecule has 1 N–H and O–H groups in total. The highest BCUT2D eigenvalue weighted by atomic mass is 16.5. The Morgan fingerprint density at radius 3 is 2.33 bits per heavy atom. The number of benzene rings is 2. The van der Waals surface area contributed by atoms with E-state index in [0.29, 0.717) is 37.6 Å². The highest BCUT2D eigenvalue weighted by Crippen LogP contribution is 2.17. The molecule has 5 heteroatoms. The van der Waals surface area contributed by atoms with E-state index in [1.807, 2.05) is 68.4 Å². The van der Waals surface area contributed by atoms with Gasteiger partial charge >= 0.3 is 0 Å². The summed E-state index contributed by atoms with van der Waals surface area (Å²) in [5, 5.41) is 2.98. The number of carbonyl (C=O) groups excluding carboxylic acids is 2. The lowest BCUT2D eigenvalue weighted by atomic mass is 10.1. The van der Waals surface area contributed by atoms with E-state index in [9.17, 15) is 9.59 Å². The summed E-state index contributed by atoms with van der Waals surface area (Å²) >= 11 is 0. The molecule has 0 fully saturated rings. The van der Waals surface area contributed by atoms with Crippen LogP contribution in [0.15, 0.2) is 54.6 Å². The minimum absolute atomic E-state index is 0.0897. The van der Waals surface area contributed by atoms with Gasteiger partial charge in [-0.25, -0.2) is 0 Å². The maximum atomic E-state index is 13.1. The second-order valence-electron chi connectivity index (χ2n) is 7.94. The molecule has 0 heterocycles. The number of ether oxygens (including phenoxy) is 1. The number of nitrogens with one attached hydrogen (secondary N) is 1. The number of hydrogen-bond acceptors (Lipinski definition) is 3. The normalized spacial score (nSPS) is 11.8. The summed E-state index contributed by atoms with van der Waals surface area (Å²) < 4.78 is 5.78. The first kappa shape index (κ1) is 23.5. The van der Waals surface area contributed by atoms with E-state index in [4.69, 9.17) is 4.74 Å². The van der Waals surface area contributed by atoms with Crippen molar-refractivity contribution in [3.63, 3.8) is 0 Å². The van der Waals surface area contributed by atoms with Gasteiger partial charge in [-0.15, -0.1) is 0 Å². The van der Waals surface area contributed by atoms with Crippen LogP contribution in [0.4, 0.5) is 0 Å². The Balaban J connectivity index is 2.12. The van der Waals surface area contributed by atoms with Gasteiger partial charge in [0.2, 0.25) is 5.91 Å². The Morgan fingerprint density at radius 2 is 1.70 bits per heavy atom. The zero-order valence-electron chi connectivity index (χ0n) is 18.6. The zero-order chi connectivity index (χ0) is 21.9. The molecular weight excluding hydrogens is 376 g/mol. The van der Waals surface area contributed by atoms with Crippen LogP contribution in [0.3, 0.4) is 0 Å². The van der Waals surface area contributed by atoms with Gasteiger partial charge in [0.15, 0.2) is 6.61 Å². The zero-order valence-corrected chi connectivity index (χ0v) is 18.6. The Labute approximate surface area is 180 Å². The van der Waals surface area contributed by atoms with E-state index in [2.05, 4.69) is 19.2 Å². The summed E-state index contributed by atoms with van der Waals surface area (Å²) in [5.74, 6) is 0.750. The fourth-order valence-electron chi connectivity index (χ4n) is 3.26. The first-order valence-electron chi connectivity index (χ1n) is 10.7. The van der Waals surface area contributed by atoms with Crippen LogP contribution in [-0.4, -0.2) is 42.5 Å². The summed E-state index contributed by atoms with van der Waals surface area (Å²) in [6.07, 6.45) is 1.24. The van der Waals surface area contributed by atoms with Gasteiger partial charge in [-0.2, -0.15) is 0 Å². The molecule has 0 saturated heterocycles. The lowest BCUT2D eigenvalue weighted by Crippen LogP contribution is -2.51. The molecule has 2 aromatic carbocycles. The summed E-state index contributed by atoms with van der Waals surface area (Å²) in [6.45, 7) is 8.95. The molecule has 30 heavy (non-hydrogen) atoms. The summed E-state index contributed by atoms with van der Waals surface area (Å²) in [5.41, 5.74) is 2.11. The third-order valence-electron chi connectivity index (χ3n) is 5.00. The Kier molecular flexibility index (Phi) is 9.39. The highest BCUT2D eigenvalue weighted by molar-refractivity contribution is 5.88. The predicted molar refractivity (Wildman–Crippen MR) is 120 cm³/mol. The first-order valence-corrected chi connectivity index (χ1v) is 10.7. The average Bonchev–Trinajstić information content (AvgIpc) is 2.75. The maximum absolute atomic E-state index is 13.1. The minimum Gasteiger partial charge on any atom is -0.484 e. The second-order valence-corrected chi connectivity index (χ2v) is 7.94. The third kappa shape index (κ3) is 7.21. The van der Waals surface area contributed by atoms with Crippen LogP contribution in [0.1, 0.15) is 38.3 Å². The van der Waals surface area contributed by atoms with E-state index < -0.39 is 6.04 Å². The Bertz CT molecular complexity index is 805. The van der Waals surface area contributed by atoms with Gasteiger partial charge in [-0.3, -0.25) is 9.59 Å². The van der Waals surface area contributed by atoms with Crippen molar-refractivity contribution >= 4 is 11.8 Å². The van der Waals surface area contributed by atoms with Crippen molar-refractivity contribution in [3.8, 4) is 5.75 Å². The van der Waals surface area contributed by atoms with Crippen molar-refractivity contribution in [2.24, 2.45) is 5.92 Å². The standard InChI is InChI=1S/C25H34N2O3/c1-5-22(25(29)26-17-19(2)3)27(16-15-21-12-7-6-8-13-21)24(28)18-30-23-14-10-9-11-20(23)4/h6-14,19,22H,5,15-18H2,1-4H3,(H,26,29). The number of rotatable bonds is 11. The van der Waals surface area contributed by atoms with Crippen LogP contribution in [-0.2, 0) is 16.0 Å². The molecule has 0 radical (unpaired) electrons. The molecule has 0 spiro atoms. The van der Waals surface area contributed by atoms with Crippen molar-refractivity contribution in [2.45, 2.75) is 46.6 Å². The van der Waals surface area contributed by atoms with Crippen molar-refractivity contribution in [2.75, 3.05) is 19.7 Å². The summed E-state index contributed by atoms with van der Waals surface area (Å²) in [7, 11) is 0. The number of hydrogen-bond donors (Lipinski definition) is 1. The van der Waals surface area contributed by atoms with Crippen molar-refractivity contribution in [1.82, 2.24) is 10.2 Å². The van der Waals surface area contributed by atoms with Crippen LogP contribution in [0.2, 0.25) is 0 Å². The van der Waals surface area contributed by atoms with Crippen LogP contribution in [0.5, 0.6) is 5.75 Å². The molecule has 2 rings (SSSR count). The Hall–Kier alpha value is -2.82. The SMILES string of the molecule is CCC(C(=O)NCC(C)C)N(CCc1ccccc1)C(=O)COc1ccccc1C. The molecule has 0 bridgehead atoms. The van der Waals surface area contributed by atoms with Crippen LogP contribution >= 0.6 is 0 Å². The average molecular weight is 411 g/mol. The number of para-hydroxylation sites is 1. The molecule has 0 aliphatic heterocycles. The number of nitrogens with zero attached hydrogens (tertiary/aromatic N) is 1. The van der Waals surface area contributed by atoms with E-state index in [1.54, 1.807) is 4.90 Å². The second kappa shape index (κ2) is 12.0. The summed E-state index contributed by atoms with van der Waals surface area (Å²) in [4.78, 5) is 27.6. The van der Waals surface area contributed by atoms with Gasteiger partial charge < -0.3 is 15.0 Å². The summed E-state index contributed by atoms with van der Waals surface area (Å²) in [6, 6.07) is 17.1. The molecule has 0 aliphatic rings. The molecule has 0 aromatic heterocycles. The quantitative estimate of drug-likeness (QED) is 0.609. The molecule has 2 aromatic rings. The third-order valence-corrected chi connectivity index (χ3v) is 5.00. The topological polar surface area (TPSA) is 58.6 Å². The van der Waals surface area contributed by atoms with Crippen molar-refractivity contribution < 1.29 is 14.3 Å². The van der Waals surface area contributed by atoms with Gasteiger partial charge in [0.1, 0.15) is 11.8 Å². The smallest absolute Gasteiger partial charge is 0.261 e. The largest absolute Gasteiger partial charge is 0.484 e. The van der Waals surface area contributed by atoms with Gasteiger partial charge in [0.25, 0.3) is 5.91 Å². The molecule has 1 atom stereocenters. The van der Waals surface area contributed by atoms with E-state index in [1.165, 1.54) is 0 Å². The van der Waals surface area contributed by atoms with Gasteiger partial charge in [-0.1, -0.05) is 69.3 Å². The molecule has 0 aliphatic carbocycles. The fourth-order valence-corrected chi connectivity index (χ4v) is 3.26. The first-order chi connectivity index (χ1) is 14.4. The number of carbonyl (C=O) groups is 2.